The molecule has 1 heterocycles. The van der Waals surface area contributed by atoms with E-state index in [4.69, 9.17) is 5.84 Å². The van der Waals surface area contributed by atoms with Crippen LogP contribution in [0.1, 0.15) is 23.6 Å². The Hall–Kier alpha value is -1.79. The molecule has 102 valence electrons. The molecular formula is C13H16F2N4. The molecule has 19 heavy (non-hydrogen) atoms. The molecule has 0 aliphatic carbocycles. The Morgan fingerprint density at radius 3 is 2.84 bits per heavy atom. The van der Waals surface area contributed by atoms with Crippen LogP contribution >= 0.6 is 0 Å². The topological polar surface area (TPSA) is 55.9 Å². The van der Waals surface area contributed by atoms with Crippen LogP contribution in [0.4, 0.5) is 8.78 Å². The Bertz CT molecular complexity index is 553. The van der Waals surface area contributed by atoms with Crippen molar-refractivity contribution in [2.45, 2.75) is 18.9 Å². The van der Waals surface area contributed by atoms with E-state index in [1.807, 2.05) is 13.2 Å². The van der Waals surface area contributed by atoms with Crippen LogP contribution in [0.25, 0.3) is 0 Å². The molecule has 0 fully saturated rings. The Labute approximate surface area is 110 Å². The van der Waals surface area contributed by atoms with Crippen molar-refractivity contribution in [3.8, 4) is 0 Å². The molecule has 1 atom stereocenters. The maximum atomic E-state index is 13.7. The second kappa shape index (κ2) is 5.90. The van der Waals surface area contributed by atoms with E-state index in [0.717, 1.165) is 17.7 Å². The van der Waals surface area contributed by atoms with E-state index >= 15 is 0 Å². The van der Waals surface area contributed by atoms with E-state index in [9.17, 15) is 8.78 Å². The van der Waals surface area contributed by atoms with Crippen molar-refractivity contribution in [3.05, 3.63) is 53.4 Å². The van der Waals surface area contributed by atoms with Gasteiger partial charge in [-0.3, -0.25) is 16.0 Å². The highest BCUT2D eigenvalue weighted by Gasteiger charge is 2.15. The molecule has 0 amide bonds. The van der Waals surface area contributed by atoms with Gasteiger partial charge in [-0.1, -0.05) is 0 Å². The number of hydrogen-bond acceptors (Lipinski definition) is 3. The summed E-state index contributed by atoms with van der Waals surface area (Å²) in [4.78, 5) is 0. The highest BCUT2D eigenvalue weighted by atomic mass is 19.1. The normalized spacial score (nSPS) is 12.6. The molecule has 1 unspecified atom stereocenters. The minimum Gasteiger partial charge on any atom is -0.276 e. The first-order chi connectivity index (χ1) is 9.10. The molecule has 0 radical (unpaired) electrons. The average Bonchev–Trinajstić information content (AvgIpc) is 2.80. The number of nitrogens with one attached hydrogen (secondary N) is 1. The number of halogens is 2. The molecular weight excluding hydrogens is 250 g/mol. The van der Waals surface area contributed by atoms with Gasteiger partial charge in [0, 0.05) is 24.8 Å². The lowest BCUT2D eigenvalue weighted by Gasteiger charge is -2.16. The average molecular weight is 266 g/mol. The fraction of sp³-hybridized carbons (Fsp3) is 0.308. The molecule has 0 aliphatic rings. The summed E-state index contributed by atoms with van der Waals surface area (Å²) in [6.45, 7) is 0. The van der Waals surface area contributed by atoms with Gasteiger partial charge in [0.1, 0.15) is 11.6 Å². The zero-order valence-corrected chi connectivity index (χ0v) is 10.6. The monoisotopic (exact) mass is 266 g/mol. The van der Waals surface area contributed by atoms with Gasteiger partial charge >= 0.3 is 0 Å². The zero-order chi connectivity index (χ0) is 13.8. The summed E-state index contributed by atoms with van der Waals surface area (Å²) < 4.78 is 28.5. The third kappa shape index (κ3) is 3.36. The summed E-state index contributed by atoms with van der Waals surface area (Å²) in [6, 6.07) is 2.94. The van der Waals surface area contributed by atoms with Gasteiger partial charge in [-0.15, -0.1) is 0 Å². The van der Waals surface area contributed by atoms with E-state index in [2.05, 4.69) is 10.5 Å². The Morgan fingerprint density at radius 2 is 2.21 bits per heavy atom. The van der Waals surface area contributed by atoms with Crippen LogP contribution in [0.15, 0.2) is 30.6 Å². The Morgan fingerprint density at radius 1 is 1.42 bits per heavy atom. The van der Waals surface area contributed by atoms with Crippen LogP contribution < -0.4 is 11.3 Å². The molecule has 1 aromatic heterocycles. The third-order valence-corrected chi connectivity index (χ3v) is 3.01. The number of benzene rings is 1. The highest BCUT2D eigenvalue weighted by molar-refractivity contribution is 5.22. The predicted molar refractivity (Wildman–Crippen MR) is 68.0 cm³/mol. The number of rotatable bonds is 5. The Balaban J connectivity index is 2.09. The van der Waals surface area contributed by atoms with Gasteiger partial charge in [0.2, 0.25) is 0 Å². The van der Waals surface area contributed by atoms with E-state index in [1.165, 1.54) is 6.07 Å². The van der Waals surface area contributed by atoms with Crippen molar-refractivity contribution in [3.63, 3.8) is 0 Å². The molecule has 1 aromatic carbocycles. The van der Waals surface area contributed by atoms with Crippen molar-refractivity contribution in [1.29, 1.82) is 0 Å². The second-order valence-corrected chi connectivity index (χ2v) is 4.45. The van der Waals surface area contributed by atoms with E-state index < -0.39 is 17.7 Å². The first kappa shape index (κ1) is 13.6. The molecule has 0 saturated heterocycles. The SMILES string of the molecule is Cn1cc(CCC(NN)c2cc(F)ccc2F)cn1. The minimum atomic E-state index is -0.474. The van der Waals surface area contributed by atoms with Gasteiger partial charge in [-0.25, -0.2) is 8.78 Å². The number of nitrogens with two attached hydrogens (primary N) is 1. The van der Waals surface area contributed by atoms with Gasteiger partial charge in [-0.2, -0.15) is 5.10 Å². The van der Waals surface area contributed by atoms with Gasteiger partial charge in [0.25, 0.3) is 0 Å². The molecule has 2 aromatic rings. The van der Waals surface area contributed by atoms with Crippen LogP contribution in [0.3, 0.4) is 0 Å². The lowest BCUT2D eigenvalue weighted by atomic mass is 10.00. The largest absolute Gasteiger partial charge is 0.276 e. The first-order valence-corrected chi connectivity index (χ1v) is 5.98. The third-order valence-electron chi connectivity index (χ3n) is 3.01. The van der Waals surface area contributed by atoms with E-state index in [-0.39, 0.29) is 5.56 Å². The lowest BCUT2D eigenvalue weighted by molar-refractivity contribution is 0.479. The van der Waals surface area contributed by atoms with Crippen LogP contribution in [-0.2, 0) is 13.5 Å². The van der Waals surface area contributed by atoms with Crippen LogP contribution in [0.5, 0.6) is 0 Å². The van der Waals surface area contributed by atoms with E-state index in [0.29, 0.717) is 12.8 Å². The minimum absolute atomic E-state index is 0.242. The molecule has 0 bridgehead atoms. The van der Waals surface area contributed by atoms with Gasteiger partial charge in [-0.05, 0) is 36.6 Å². The molecule has 3 N–H and O–H groups in total. The number of hydrogen-bond donors (Lipinski definition) is 2. The fourth-order valence-corrected chi connectivity index (χ4v) is 2.02. The number of nitrogens with zero attached hydrogens (tertiary/aromatic N) is 2. The van der Waals surface area contributed by atoms with Crippen molar-refractivity contribution in [1.82, 2.24) is 15.2 Å². The standard InChI is InChI=1S/C13H16F2N4/c1-19-8-9(7-17-19)2-5-13(18-16)11-6-10(14)3-4-12(11)15/h3-4,6-8,13,18H,2,5,16H2,1H3. The fourth-order valence-electron chi connectivity index (χ4n) is 2.02. The number of hydrazine groups is 1. The van der Waals surface area contributed by atoms with Gasteiger partial charge in [0.05, 0.1) is 6.20 Å². The summed E-state index contributed by atoms with van der Waals surface area (Å²) in [7, 11) is 1.83. The zero-order valence-electron chi connectivity index (χ0n) is 10.6. The van der Waals surface area contributed by atoms with Gasteiger partial charge in [0.15, 0.2) is 0 Å². The maximum Gasteiger partial charge on any atom is 0.128 e. The van der Waals surface area contributed by atoms with Crippen molar-refractivity contribution < 1.29 is 8.78 Å². The van der Waals surface area contributed by atoms with Crippen LogP contribution in [-0.4, -0.2) is 9.78 Å². The molecule has 0 aliphatic heterocycles. The highest BCUT2D eigenvalue weighted by Crippen LogP contribution is 2.22. The van der Waals surface area contributed by atoms with Crippen molar-refractivity contribution in [2.24, 2.45) is 12.9 Å². The maximum absolute atomic E-state index is 13.7. The van der Waals surface area contributed by atoms with Crippen molar-refractivity contribution >= 4 is 0 Å². The summed E-state index contributed by atoms with van der Waals surface area (Å²) in [5, 5.41) is 4.06. The molecule has 2 rings (SSSR count). The van der Waals surface area contributed by atoms with Crippen LogP contribution in [0.2, 0.25) is 0 Å². The molecule has 4 nitrogen and oxygen atoms in total. The predicted octanol–water partition coefficient (Wildman–Crippen LogP) is 1.84. The lowest BCUT2D eigenvalue weighted by Crippen LogP contribution is -2.29. The van der Waals surface area contributed by atoms with E-state index in [1.54, 1.807) is 10.9 Å². The molecule has 0 spiro atoms. The van der Waals surface area contributed by atoms with Crippen molar-refractivity contribution in [2.75, 3.05) is 0 Å². The first-order valence-electron chi connectivity index (χ1n) is 5.98. The van der Waals surface area contributed by atoms with Gasteiger partial charge < -0.3 is 0 Å². The summed E-state index contributed by atoms with van der Waals surface area (Å²) in [5.41, 5.74) is 3.80. The van der Waals surface area contributed by atoms with Crippen LogP contribution in [0, 0.1) is 11.6 Å². The number of aryl methyl sites for hydroxylation is 2. The Kier molecular flexibility index (Phi) is 4.24. The quantitative estimate of drug-likeness (QED) is 0.641. The second-order valence-electron chi connectivity index (χ2n) is 4.45. The molecule has 6 heteroatoms. The summed E-state index contributed by atoms with van der Waals surface area (Å²) >= 11 is 0. The summed E-state index contributed by atoms with van der Waals surface area (Å²) in [5.74, 6) is 4.50. The number of aromatic nitrogens is 2. The molecule has 0 saturated carbocycles. The smallest absolute Gasteiger partial charge is 0.128 e. The summed E-state index contributed by atoms with van der Waals surface area (Å²) in [6.07, 6.45) is 4.87.